The van der Waals surface area contributed by atoms with E-state index >= 15 is 0 Å². The van der Waals surface area contributed by atoms with Crippen molar-refractivity contribution in [2.45, 2.75) is 39.2 Å². The first-order valence-electron chi connectivity index (χ1n) is 6.39. The summed E-state index contributed by atoms with van der Waals surface area (Å²) in [4.78, 5) is 28.1. The second-order valence-electron chi connectivity index (χ2n) is 4.90. The van der Waals surface area contributed by atoms with Gasteiger partial charge < -0.3 is 4.90 Å². The van der Waals surface area contributed by atoms with Crippen molar-refractivity contribution in [2.75, 3.05) is 11.4 Å². The summed E-state index contributed by atoms with van der Waals surface area (Å²) in [7, 11) is 0. The summed E-state index contributed by atoms with van der Waals surface area (Å²) in [6.45, 7) is 4.05. The Morgan fingerprint density at radius 3 is 2.84 bits per heavy atom. The van der Waals surface area contributed by atoms with E-state index in [1.54, 1.807) is 19.9 Å². The third kappa shape index (κ3) is 2.72. The second-order valence-corrected chi connectivity index (χ2v) is 4.90. The first kappa shape index (κ1) is 13.5. The summed E-state index contributed by atoms with van der Waals surface area (Å²) in [6.07, 6.45) is 4.15. The number of nitrogens with zero attached hydrogens (tertiary/aromatic N) is 3. The minimum Gasteiger partial charge on any atom is -0.347 e. The second kappa shape index (κ2) is 5.34. The summed E-state index contributed by atoms with van der Waals surface area (Å²) in [5.41, 5.74) is 0.586. The van der Waals surface area contributed by atoms with E-state index < -0.39 is 4.92 Å². The van der Waals surface area contributed by atoms with Gasteiger partial charge in [0.15, 0.2) is 5.78 Å². The van der Waals surface area contributed by atoms with Crippen LogP contribution in [0.15, 0.2) is 12.3 Å². The molecular weight excluding hydrogens is 246 g/mol. The number of anilines is 1. The van der Waals surface area contributed by atoms with E-state index in [9.17, 15) is 14.9 Å². The van der Waals surface area contributed by atoms with E-state index in [1.807, 2.05) is 4.90 Å². The Kier molecular flexibility index (Phi) is 3.78. The van der Waals surface area contributed by atoms with Gasteiger partial charge in [-0.05, 0) is 39.2 Å². The van der Waals surface area contributed by atoms with Crippen LogP contribution < -0.4 is 4.90 Å². The van der Waals surface area contributed by atoms with Gasteiger partial charge in [-0.3, -0.25) is 14.9 Å². The standard InChI is InChI=1S/C13H17N3O3/c1-9-7-13(14-8-12(9)16(18)19)15-6-4-3-5-11(15)10(2)17/h7-8,11H,3-6H2,1-2H3. The molecule has 0 N–H and O–H groups in total. The van der Waals surface area contributed by atoms with E-state index in [2.05, 4.69) is 4.98 Å². The lowest BCUT2D eigenvalue weighted by Crippen LogP contribution is -2.44. The van der Waals surface area contributed by atoms with Gasteiger partial charge in [-0.2, -0.15) is 0 Å². The van der Waals surface area contributed by atoms with Crippen molar-refractivity contribution in [2.24, 2.45) is 0 Å². The first-order valence-corrected chi connectivity index (χ1v) is 6.39. The number of carbonyl (C=O) groups is 1. The quantitative estimate of drug-likeness (QED) is 0.617. The van der Waals surface area contributed by atoms with Crippen molar-refractivity contribution in [1.82, 2.24) is 4.98 Å². The fourth-order valence-electron chi connectivity index (χ4n) is 2.51. The zero-order valence-electron chi connectivity index (χ0n) is 11.1. The summed E-state index contributed by atoms with van der Waals surface area (Å²) in [5.74, 6) is 0.778. The Hall–Kier alpha value is -1.98. The number of carbonyl (C=O) groups excluding carboxylic acids is 1. The Balaban J connectivity index is 2.32. The normalized spacial score (nSPS) is 19.3. The molecule has 0 saturated carbocycles. The third-order valence-corrected chi connectivity index (χ3v) is 3.53. The predicted molar refractivity (Wildman–Crippen MR) is 71.3 cm³/mol. The molecule has 19 heavy (non-hydrogen) atoms. The average molecular weight is 263 g/mol. The highest BCUT2D eigenvalue weighted by atomic mass is 16.6. The highest BCUT2D eigenvalue weighted by molar-refractivity contribution is 5.85. The topological polar surface area (TPSA) is 76.3 Å². The molecule has 0 spiro atoms. The average Bonchev–Trinajstić information content (AvgIpc) is 2.38. The summed E-state index contributed by atoms with van der Waals surface area (Å²) in [5, 5.41) is 10.8. The van der Waals surface area contributed by atoms with Gasteiger partial charge in [0, 0.05) is 12.1 Å². The van der Waals surface area contributed by atoms with E-state index in [0.29, 0.717) is 11.4 Å². The van der Waals surface area contributed by atoms with Crippen molar-refractivity contribution in [3.8, 4) is 0 Å². The molecule has 0 bridgehead atoms. The molecule has 0 aromatic carbocycles. The minimum absolute atomic E-state index is 0.0140. The third-order valence-electron chi connectivity index (χ3n) is 3.53. The highest BCUT2D eigenvalue weighted by Gasteiger charge is 2.27. The molecule has 2 heterocycles. The van der Waals surface area contributed by atoms with Crippen molar-refractivity contribution in [3.63, 3.8) is 0 Å². The van der Waals surface area contributed by atoms with Crippen LogP contribution in [0.4, 0.5) is 11.5 Å². The molecule has 102 valence electrons. The number of rotatable bonds is 3. The van der Waals surface area contributed by atoms with Crippen molar-refractivity contribution >= 4 is 17.3 Å². The van der Waals surface area contributed by atoms with Crippen LogP contribution in [0.3, 0.4) is 0 Å². The minimum atomic E-state index is -0.440. The molecule has 0 aliphatic carbocycles. The van der Waals surface area contributed by atoms with E-state index in [-0.39, 0.29) is 17.5 Å². The van der Waals surface area contributed by atoms with Crippen LogP contribution in [0.5, 0.6) is 0 Å². The SMILES string of the molecule is CC(=O)C1CCCCN1c1cc(C)c([N+](=O)[O-])cn1. The summed E-state index contributed by atoms with van der Waals surface area (Å²) in [6, 6.07) is 1.54. The van der Waals surface area contributed by atoms with Gasteiger partial charge >= 0.3 is 0 Å². The number of aryl methyl sites for hydroxylation is 1. The van der Waals surface area contributed by atoms with E-state index in [0.717, 1.165) is 25.8 Å². The summed E-state index contributed by atoms with van der Waals surface area (Å²) >= 11 is 0. The van der Waals surface area contributed by atoms with Crippen LogP contribution in [0.2, 0.25) is 0 Å². The number of hydrogen-bond donors (Lipinski definition) is 0. The Morgan fingerprint density at radius 1 is 1.53 bits per heavy atom. The molecule has 6 heteroatoms. The van der Waals surface area contributed by atoms with Crippen LogP contribution in [0.25, 0.3) is 0 Å². The maximum atomic E-state index is 11.7. The Bertz CT molecular complexity index is 516. The lowest BCUT2D eigenvalue weighted by molar-refractivity contribution is -0.385. The molecule has 0 radical (unpaired) electrons. The fourth-order valence-corrected chi connectivity index (χ4v) is 2.51. The molecule has 1 atom stereocenters. The molecule has 1 aromatic rings. The monoisotopic (exact) mass is 263 g/mol. The zero-order valence-corrected chi connectivity index (χ0v) is 11.1. The van der Waals surface area contributed by atoms with Gasteiger partial charge in [-0.25, -0.2) is 4.98 Å². The molecule has 1 aromatic heterocycles. The van der Waals surface area contributed by atoms with Crippen LogP contribution in [-0.2, 0) is 4.79 Å². The molecule has 0 amide bonds. The molecule has 1 aliphatic heterocycles. The van der Waals surface area contributed by atoms with Crippen LogP contribution >= 0.6 is 0 Å². The molecule has 1 saturated heterocycles. The number of nitro groups is 1. The van der Waals surface area contributed by atoms with Crippen molar-refractivity contribution < 1.29 is 9.72 Å². The Labute approximate surface area is 111 Å². The summed E-state index contributed by atoms with van der Waals surface area (Å²) < 4.78 is 0. The predicted octanol–water partition coefficient (Wildman–Crippen LogP) is 2.25. The number of piperidine rings is 1. The largest absolute Gasteiger partial charge is 0.347 e. The number of aromatic nitrogens is 1. The number of hydrogen-bond acceptors (Lipinski definition) is 5. The number of Topliss-reactive ketones (excluding diaryl/α,β-unsaturated/α-hetero) is 1. The van der Waals surface area contributed by atoms with Crippen molar-refractivity contribution in [3.05, 3.63) is 27.9 Å². The lowest BCUT2D eigenvalue weighted by Gasteiger charge is -2.35. The van der Waals surface area contributed by atoms with Gasteiger partial charge in [0.2, 0.25) is 0 Å². The Morgan fingerprint density at radius 2 is 2.26 bits per heavy atom. The lowest BCUT2D eigenvalue weighted by atomic mass is 9.99. The molecule has 6 nitrogen and oxygen atoms in total. The van der Waals surface area contributed by atoms with Gasteiger partial charge in [0.1, 0.15) is 12.0 Å². The van der Waals surface area contributed by atoms with Gasteiger partial charge in [-0.1, -0.05) is 0 Å². The van der Waals surface area contributed by atoms with Gasteiger partial charge in [-0.15, -0.1) is 0 Å². The van der Waals surface area contributed by atoms with E-state index in [4.69, 9.17) is 0 Å². The smallest absolute Gasteiger partial charge is 0.290 e. The molecule has 1 aliphatic rings. The molecule has 2 rings (SSSR count). The molecule has 1 fully saturated rings. The number of ketones is 1. The van der Waals surface area contributed by atoms with Crippen LogP contribution in [0, 0.1) is 17.0 Å². The number of pyridine rings is 1. The van der Waals surface area contributed by atoms with Gasteiger partial charge in [0.25, 0.3) is 5.69 Å². The zero-order chi connectivity index (χ0) is 14.0. The van der Waals surface area contributed by atoms with Gasteiger partial charge in [0.05, 0.1) is 11.0 Å². The van der Waals surface area contributed by atoms with Crippen molar-refractivity contribution in [1.29, 1.82) is 0 Å². The highest BCUT2D eigenvalue weighted by Crippen LogP contribution is 2.27. The van der Waals surface area contributed by atoms with Crippen LogP contribution in [0.1, 0.15) is 31.7 Å². The molecular formula is C13H17N3O3. The van der Waals surface area contributed by atoms with E-state index in [1.165, 1.54) is 6.20 Å². The fraction of sp³-hybridized carbons (Fsp3) is 0.538. The molecule has 1 unspecified atom stereocenters. The van der Waals surface area contributed by atoms with Crippen LogP contribution in [-0.4, -0.2) is 28.3 Å². The maximum Gasteiger partial charge on any atom is 0.290 e. The maximum absolute atomic E-state index is 11.7. The first-order chi connectivity index (χ1) is 9.00.